The van der Waals surface area contributed by atoms with E-state index >= 15 is 0 Å². The normalized spacial score (nSPS) is 16.4. The molecule has 0 radical (unpaired) electrons. The summed E-state index contributed by atoms with van der Waals surface area (Å²) in [6.07, 6.45) is 8.61. The number of nitrogens with zero attached hydrogens (tertiary/aromatic N) is 1. The summed E-state index contributed by atoms with van der Waals surface area (Å²) in [5.74, 6) is 0.893. The molecule has 0 aromatic heterocycles. The summed E-state index contributed by atoms with van der Waals surface area (Å²) < 4.78 is 11.2. The van der Waals surface area contributed by atoms with Crippen molar-refractivity contribution in [3.05, 3.63) is 0 Å². The molecule has 0 aromatic carbocycles. The lowest BCUT2D eigenvalue weighted by Crippen LogP contribution is -2.42. The molecular weight excluding hydrogens is 429 g/mol. The first-order valence-corrected chi connectivity index (χ1v) is 9.71. The smallest absolute Gasteiger partial charge is 0.190 e. The average Bonchev–Trinajstić information content (AvgIpc) is 2.58. The maximum Gasteiger partial charge on any atom is 0.190 e. The molecule has 2 N–H and O–H groups in total. The van der Waals surface area contributed by atoms with E-state index in [-0.39, 0.29) is 24.0 Å². The van der Waals surface area contributed by atoms with Gasteiger partial charge in [0.2, 0.25) is 0 Å². The molecule has 5 nitrogen and oxygen atoms in total. The van der Waals surface area contributed by atoms with Crippen molar-refractivity contribution in [2.24, 2.45) is 10.4 Å². The van der Waals surface area contributed by atoms with Gasteiger partial charge in [-0.3, -0.25) is 4.99 Å². The van der Waals surface area contributed by atoms with Gasteiger partial charge >= 0.3 is 0 Å². The molecule has 0 spiro atoms. The summed E-state index contributed by atoms with van der Waals surface area (Å²) in [5.41, 5.74) is 0.305. The fraction of sp³-hybridized carbons (Fsp3) is 0.947. The Morgan fingerprint density at radius 1 is 1.16 bits per heavy atom. The number of nitrogens with one attached hydrogen (secondary N) is 2. The predicted octanol–water partition coefficient (Wildman–Crippen LogP) is 3.96. The third-order valence-corrected chi connectivity index (χ3v) is 4.55. The van der Waals surface area contributed by atoms with Crippen LogP contribution in [-0.2, 0) is 9.47 Å². The van der Waals surface area contributed by atoms with Crippen LogP contribution in [0.15, 0.2) is 4.99 Å². The van der Waals surface area contributed by atoms with Crippen LogP contribution in [0.3, 0.4) is 0 Å². The van der Waals surface area contributed by atoms with Crippen molar-refractivity contribution in [3.8, 4) is 0 Å². The van der Waals surface area contributed by atoms with Crippen LogP contribution in [0, 0.1) is 5.41 Å². The van der Waals surface area contributed by atoms with Crippen molar-refractivity contribution in [2.75, 3.05) is 40.0 Å². The van der Waals surface area contributed by atoms with Crippen LogP contribution in [0.25, 0.3) is 0 Å². The fourth-order valence-electron chi connectivity index (χ4n) is 2.86. The molecule has 1 aliphatic rings. The van der Waals surface area contributed by atoms with Crippen LogP contribution < -0.4 is 10.6 Å². The van der Waals surface area contributed by atoms with Crippen LogP contribution in [0.5, 0.6) is 0 Å². The van der Waals surface area contributed by atoms with E-state index in [0.717, 1.165) is 58.1 Å². The Balaban J connectivity index is 0.00000576. The topological polar surface area (TPSA) is 54.9 Å². The summed E-state index contributed by atoms with van der Waals surface area (Å²) in [5, 5.41) is 6.84. The zero-order chi connectivity index (χ0) is 17.7. The molecule has 25 heavy (non-hydrogen) atoms. The van der Waals surface area contributed by atoms with Crippen molar-refractivity contribution in [3.63, 3.8) is 0 Å². The number of hydrogen-bond donors (Lipinski definition) is 2. The number of guanidine groups is 1. The van der Waals surface area contributed by atoms with E-state index < -0.39 is 0 Å². The number of ether oxygens (including phenoxy) is 2. The molecule has 0 amide bonds. The molecule has 0 bridgehead atoms. The number of rotatable bonds is 11. The first-order chi connectivity index (χ1) is 11.6. The van der Waals surface area contributed by atoms with Crippen LogP contribution in [0.1, 0.15) is 65.7 Å². The summed E-state index contributed by atoms with van der Waals surface area (Å²) in [4.78, 5) is 4.31. The highest BCUT2D eigenvalue weighted by molar-refractivity contribution is 14.0. The highest BCUT2D eigenvalue weighted by Crippen LogP contribution is 2.22. The molecular formula is C19H40IN3O2. The van der Waals surface area contributed by atoms with E-state index in [0.29, 0.717) is 11.5 Å². The zero-order valence-corrected chi connectivity index (χ0v) is 19.1. The maximum absolute atomic E-state index is 5.89. The molecule has 6 heteroatoms. The van der Waals surface area contributed by atoms with Gasteiger partial charge in [0.05, 0.1) is 6.10 Å². The molecule has 1 saturated heterocycles. The second-order valence-corrected chi connectivity index (χ2v) is 7.51. The van der Waals surface area contributed by atoms with Gasteiger partial charge in [0.15, 0.2) is 5.96 Å². The summed E-state index contributed by atoms with van der Waals surface area (Å²) >= 11 is 0. The largest absolute Gasteiger partial charge is 0.381 e. The van der Waals surface area contributed by atoms with Gasteiger partial charge in [-0.2, -0.15) is 0 Å². The third-order valence-electron chi connectivity index (χ3n) is 4.55. The molecule has 150 valence electrons. The monoisotopic (exact) mass is 469 g/mol. The molecule has 1 fully saturated rings. The molecule has 0 saturated carbocycles. The van der Waals surface area contributed by atoms with E-state index in [9.17, 15) is 0 Å². The molecule has 0 aromatic rings. The van der Waals surface area contributed by atoms with Crippen molar-refractivity contribution >= 4 is 29.9 Å². The number of hydrogen-bond acceptors (Lipinski definition) is 3. The second-order valence-electron chi connectivity index (χ2n) is 7.51. The molecule has 0 aliphatic carbocycles. The first kappa shape index (κ1) is 24.9. The molecule has 0 unspecified atom stereocenters. The van der Waals surface area contributed by atoms with E-state index in [2.05, 4.69) is 36.4 Å². The molecule has 0 atom stereocenters. The lowest BCUT2D eigenvalue weighted by Gasteiger charge is -2.26. The van der Waals surface area contributed by atoms with E-state index in [1.54, 1.807) is 0 Å². The highest BCUT2D eigenvalue weighted by Gasteiger charge is 2.17. The minimum absolute atomic E-state index is 0. The lowest BCUT2D eigenvalue weighted by molar-refractivity contribution is -0.0320. The van der Waals surface area contributed by atoms with Gasteiger partial charge in [0, 0.05) is 40.0 Å². The van der Waals surface area contributed by atoms with Gasteiger partial charge in [-0.15, -0.1) is 24.0 Å². The average molecular weight is 469 g/mol. The Morgan fingerprint density at radius 3 is 2.52 bits per heavy atom. The molecule has 1 aliphatic heterocycles. The van der Waals surface area contributed by atoms with Gasteiger partial charge < -0.3 is 20.1 Å². The quantitative estimate of drug-likeness (QED) is 0.208. The van der Waals surface area contributed by atoms with Gasteiger partial charge in [0.25, 0.3) is 0 Å². The van der Waals surface area contributed by atoms with Crippen molar-refractivity contribution in [1.82, 2.24) is 10.6 Å². The zero-order valence-electron chi connectivity index (χ0n) is 16.7. The predicted molar refractivity (Wildman–Crippen MR) is 117 cm³/mol. The number of aliphatic imine (C=N–C) groups is 1. The number of halogens is 1. The maximum atomic E-state index is 5.89. The highest BCUT2D eigenvalue weighted by atomic mass is 127. The first-order valence-electron chi connectivity index (χ1n) is 9.71. The summed E-state index contributed by atoms with van der Waals surface area (Å²) in [6.45, 7) is 11.2. The van der Waals surface area contributed by atoms with Gasteiger partial charge in [0.1, 0.15) is 0 Å². The van der Waals surface area contributed by atoms with E-state index in [4.69, 9.17) is 9.47 Å². The van der Waals surface area contributed by atoms with Crippen molar-refractivity contribution in [2.45, 2.75) is 71.8 Å². The third kappa shape index (κ3) is 12.8. The fourth-order valence-corrected chi connectivity index (χ4v) is 2.86. The van der Waals surface area contributed by atoms with Crippen LogP contribution in [0.2, 0.25) is 0 Å². The minimum atomic E-state index is 0. The Labute approximate surface area is 172 Å². The molecule has 1 heterocycles. The molecule has 1 rings (SSSR count). The van der Waals surface area contributed by atoms with Gasteiger partial charge in [-0.25, -0.2) is 0 Å². The standard InChI is InChI=1S/C19H39N3O2.HI/c1-5-6-7-11-19(2,3)16-22-18(20-4)21-12-8-13-24-17-9-14-23-15-10-17;/h17H,5-16H2,1-4H3,(H2,20,21,22);1H. The Morgan fingerprint density at radius 2 is 1.88 bits per heavy atom. The van der Waals surface area contributed by atoms with Crippen LogP contribution in [0.4, 0.5) is 0 Å². The summed E-state index contributed by atoms with van der Waals surface area (Å²) in [7, 11) is 1.83. The summed E-state index contributed by atoms with van der Waals surface area (Å²) in [6, 6.07) is 0. The Bertz CT molecular complexity index is 346. The van der Waals surface area contributed by atoms with Crippen molar-refractivity contribution < 1.29 is 9.47 Å². The van der Waals surface area contributed by atoms with Gasteiger partial charge in [-0.1, -0.05) is 40.0 Å². The van der Waals surface area contributed by atoms with Gasteiger partial charge in [-0.05, 0) is 31.1 Å². The Kier molecular flexibility index (Phi) is 15.0. The SMILES string of the molecule is CCCCCC(C)(C)CNC(=NC)NCCCOC1CCOCC1.I. The van der Waals surface area contributed by atoms with E-state index in [1.807, 2.05) is 7.05 Å². The number of unbranched alkanes of at least 4 members (excludes halogenated alkanes) is 2. The van der Waals surface area contributed by atoms with Crippen molar-refractivity contribution in [1.29, 1.82) is 0 Å². The van der Waals surface area contributed by atoms with Crippen LogP contribution >= 0.6 is 24.0 Å². The van der Waals surface area contributed by atoms with E-state index in [1.165, 1.54) is 25.7 Å². The minimum Gasteiger partial charge on any atom is -0.381 e. The lowest BCUT2D eigenvalue weighted by atomic mass is 9.87. The van der Waals surface area contributed by atoms with Crippen LogP contribution in [-0.4, -0.2) is 52.0 Å². The Hall–Kier alpha value is -0.0800. The second kappa shape index (κ2) is 15.0.